The van der Waals surface area contributed by atoms with Crippen molar-refractivity contribution in [3.05, 3.63) is 142 Å². The summed E-state index contributed by atoms with van der Waals surface area (Å²) in [6.45, 7) is 20.1. The largest absolute Gasteiger partial charge is 0.306 e. The van der Waals surface area contributed by atoms with Crippen LogP contribution < -0.4 is 0 Å². The highest BCUT2D eigenvalue weighted by atomic mass is 16.6. The molecule has 3 heteroatoms. The normalized spacial score (nSPS) is 19.0. The van der Waals surface area contributed by atoms with Crippen LogP contribution >= 0.6 is 0 Å². The molecular weight excluding hydrogens is 500 g/mol. The average Bonchev–Trinajstić information content (AvgIpc) is 3.36. The van der Waals surface area contributed by atoms with Crippen molar-refractivity contribution >= 4 is 0 Å². The average molecular weight is 545 g/mol. The van der Waals surface area contributed by atoms with E-state index < -0.39 is 11.4 Å². The minimum absolute atomic E-state index is 0.0424. The molecule has 0 saturated heterocycles. The summed E-state index contributed by atoms with van der Waals surface area (Å²) in [4.78, 5) is 0. The van der Waals surface area contributed by atoms with Crippen LogP contribution in [-0.4, -0.2) is 0 Å². The summed E-state index contributed by atoms with van der Waals surface area (Å²) in [5.41, 5.74) is 5.55. The van der Waals surface area contributed by atoms with Gasteiger partial charge in [0.1, 0.15) is 0 Å². The maximum absolute atomic E-state index is 7.32. The van der Waals surface area contributed by atoms with E-state index in [1.807, 2.05) is 18.2 Å². The van der Waals surface area contributed by atoms with Gasteiger partial charge in [0.25, 0.3) is 0 Å². The quantitative estimate of drug-likeness (QED) is 0.252. The molecule has 1 heterocycles. The molecule has 41 heavy (non-hydrogen) atoms. The van der Waals surface area contributed by atoms with Gasteiger partial charge in [0.15, 0.2) is 0 Å². The Morgan fingerprint density at radius 3 is 0.927 bits per heavy atom. The van der Waals surface area contributed by atoms with Gasteiger partial charge in [-0.25, -0.2) is 0 Å². The van der Waals surface area contributed by atoms with E-state index in [2.05, 4.69) is 147 Å². The highest BCUT2D eigenvalue weighted by Crippen LogP contribution is 2.52. The molecule has 0 spiro atoms. The van der Waals surface area contributed by atoms with Crippen LogP contribution in [0.2, 0.25) is 0 Å². The Hall–Kier alpha value is -3.56. The molecule has 5 rings (SSSR count). The summed E-state index contributed by atoms with van der Waals surface area (Å²) in [7, 11) is 0. The SMILES string of the molecule is CC(C)(C)c1ccc(C2(c3ccccc3)N=NC(c3ccc(C(C)(C)C)cc3)(c3ccc(C(C)(C)C)cc3)O2)cc1. The van der Waals surface area contributed by atoms with Crippen molar-refractivity contribution in [3.63, 3.8) is 0 Å². The van der Waals surface area contributed by atoms with Gasteiger partial charge in [0, 0.05) is 22.3 Å². The molecule has 1 unspecified atom stereocenters. The standard InChI is InChI=1S/C38H44N2O/c1-34(2,3)27-15-21-31(22-16-27)37(30-13-11-10-12-14-30)39-40-38(41-37,32-23-17-28(18-24-32)35(4,5)6)33-25-19-29(20-26-33)36(7,8)9/h10-26H,1-9H3. The maximum Gasteiger partial charge on any atom is 0.233 e. The predicted molar refractivity (Wildman–Crippen MR) is 169 cm³/mol. The van der Waals surface area contributed by atoms with Crippen molar-refractivity contribution in [3.8, 4) is 0 Å². The first kappa shape index (κ1) is 29.0. The molecular formula is C38H44N2O. The third kappa shape index (κ3) is 5.40. The van der Waals surface area contributed by atoms with E-state index in [0.717, 1.165) is 22.3 Å². The van der Waals surface area contributed by atoms with Crippen LogP contribution in [0.25, 0.3) is 0 Å². The van der Waals surface area contributed by atoms with Gasteiger partial charge in [0.05, 0.1) is 0 Å². The lowest BCUT2D eigenvalue weighted by atomic mass is 9.83. The highest BCUT2D eigenvalue weighted by molar-refractivity contribution is 5.45. The summed E-state index contributed by atoms with van der Waals surface area (Å²) in [5, 5.41) is 10.1. The number of benzene rings is 4. The Labute approximate surface area is 246 Å². The molecule has 0 fully saturated rings. The number of hydrogen-bond donors (Lipinski definition) is 0. The van der Waals surface area contributed by atoms with Gasteiger partial charge in [-0.05, 0) is 32.9 Å². The number of ether oxygens (including phenoxy) is 1. The topological polar surface area (TPSA) is 34.0 Å². The maximum atomic E-state index is 7.32. The predicted octanol–water partition coefficient (Wildman–Crippen LogP) is 10.2. The first-order valence-corrected chi connectivity index (χ1v) is 14.7. The molecule has 0 aromatic heterocycles. The van der Waals surface area contributed by atoms with E-state index in [4.69, 9.17) is 15.0 Å². The monoisotopic (exact) mass is 544 g/mol. The Balaban J connectivity index is 1.70. The number of hydrogen-bond acceptors (Lipinski definition) is 3. The van der Waals surface area contributed by atoms with E-state index in [1.54, 1.807) is 0 Å². The smallest absolute Gasteiger partial charge is 0.233 e. The van der Waals surface area contributed by atoms with E-state index in [0.29, 0.717) is 0 Å². The van der Waals surface area contributed by atoms with Crippen molar-refractivity contribution < 1.29 is 4.74 Å². The van der Waals surface area contributed by atoms with Crippen molar-refractivity contribution in [2.75, 3.05) is 0 Å². The fourth-order valence-electron chi connectivity index (χ4n) is 5.45. The molecule has 0 bridgehead atoms. The Morgan fingerprint density at radius 1 is 0.390 bits per heavy atom. The molecule has 1 aliphatic rings. The second-order valence-corrected chi connectivity index (χ2v) is 14.4. The lowest BCUT2D eigenvalue weighted by Gasteiger charge is -2.34. The molecule has 0 radical (unpaired) electrons. The summed E-state index contributed by atoms with van der Waals surface area (Å²) >= 11 is 0. The minimum atomic E-state index is -1.11. The number of rotatable bonds is 4. The fourth-order valence-corrected chi connectivity index (χ4v) is 5.45. The zero-order valence-corrected chi connectivity index (χ0v) is 26.1. The van der Waals surface area contributed by atoms with Crippen molar-refractivity contribution in [2.45, 2.75) is 90.0 Å². The van der Waals surface area contributed by atoms with Gasteiger partial charge in [-0.15, -0.1) is 10.2 Å². The molecule has 0 saturated carbocycles. The highest BCUT2D eigenvalue weighted by Gasteiger charge is 2.53. The van der Waals surface area contributed by atoms with Crippen molar-refractivity contribution in [1.29, 1.82) is 0 Å². The second kappa shape index (κ2) is 10.1. The molecule has 4 aromatic rings. The van der Waals surface area contributed by atoms with Gasteiger partial charge in [0.2, 0.25) is 11.4 Å². The Morgan fingerprint density at radius 2 is 0.659 bits per heavy atom. The lowest BCUT2D eigenvalue weighted by Crippen LogP contribution is -2.35. The lowest BCUT2D eigenvalue weighted by molar-refractivity contribution is -0.0796. The van der Waals surface area contributed by atoms with Crippen LogP contribution in [0.1, 0.15) is 101 Å². The minimum Gasteiger partial charge on any atom is -0.306 e. The van der Waals surface area contributed by atoms with E-state index in [-0.39, 0.29) is 16.2 Å². The van der Waals surface area contributed by atoms with E-state index in [9.17, 15) is 0 Å². The van der Waals surface area contributed by atoms with Gasteiger partial charge in [-0.2, -0.15) is 0 Å². The summed E-state index contributed by atoms with van der Waals surface area (Å²) in [6, 6.07) is 36.3. The first-order chi connectivity index (χ1) is 19.2. The molecule has 0 aliphatic carbocycles. The number of nitrogens with zero attached hydrogens (tertiary/aromatic N) is 2. The fraction of sp³-hybridized carbons (Fsp3) is 0.368. The molecule has 1 aliphatic heterocycles. The molecule has 1 atom stereocenters. The Kier molecular flexibility index (Phi) is 7.11. The third-order valence-electron chi connectivity index (χ3n) is 8.22. The van der Waals surface area contributed by atoms with Crippen LogP contribution in [0.5, 0.6) is 0 Å². The van der Waals surface area contributed by atoms with E-state index >= 15 is 0 Å². The summed E-state index contributed by atoms with van der Waals surface area (Å²) in [5.74, 6) is 0. The van der Waals surface area contributed by atoms with Crippen LogP contribution in [0.3, 0.4) is 0 Å². The Bertz CT molecular complexity index is 1460. The molecule has 4 aromatic carbocycles. The van der Waals surface area contributed by atoms with Crippen LogP contribution in [-0.2, 0) is 32.4 Å². The molecule has 3 nitrogen and oxygen atoms in total. The van der Waals surface area contributed by atoms with Crippen LogP contribution in [0.4, 0.5) is 0 Å². The van der Waals surface area contributed by atoms with Crippen LogP contribution in [0, 0.1) is 0 Å². The molecule has 0 N–H and O–H groups in total. The second-order valence-electron chi connectivity index (χ2n) is 14.4. The van der Waals surface area contributed by atoms with Gasteiger partial charge in [-0.1, -0.05) is 165 Å². The van der Waals surface area contributed by atoms with Crippen LogP contribution in [0.15, 0.2) is 113 Å². The van der Waals surface area contributed by atoms with Crippen molar-refractivity contribution in [1.82, 2.24) is 0 Å². The van der Waals surface area contributed by atoms with Gasteiger partial charge in [-0.3, -0.25) is 0 Å². The summed E-state index contributed by atoms with van der Waals surface area (Å²) in [6.07, 6.45) is 0. The van der Waals surface area contributed by atoms with Gasteiger partial charge < -0.3 is 4.74 Å². The van der Waals surface area contributed by atoms with Gasteiger partial charge >= 0.3 is 0 Å². The third-order valence-corrected chi connectivity index (χ3v) is 8.22. The zero-order chi connectivity index (χ0) is 29.7. The molecule has 212 valence electrons. The zero-order valence-electron chi connectivity index (χ0n) is 26.1. The summed E-state index contributed by atoms with van der Waals surface area (Å²) < 4.78 is 7.32. The van der Waals surface area contributed by atoms with Crippen molar-refractivity contribution in [2.24, 2.45) is 10.2 Å². The van der Waals surface area contributed by atoms with E-state index in [1.165, 1.54) is 16.7 Å². The number of azo groups is 1. The molecule has 0 amide bonds. The first-order valence-electron chi connectivity index (χ1n) is 14.7.